The van der Waals surface area contributed by atoms with Crippen LogP contribution in [-0.4, -0.2) is 11.8 Å². The lowest BCUT2D eigenvalue weighted by atomic mass is 9.78. The first kappa shape index (κ1) is 14.3. The molecule has 112 valence electrons. The molecule has 0 aliphatic rings. The summed E-state index contributed by atoms with van der Waals surface area (Å²) in [4.78, 5) is 24.0. The fraction of sp³-hybridized carbons (Fsp3) is 0.222. The molecule has 0 aliphatic heterocycles. The summed E-state index contributed by atoms with van der Waals surface area (Å²) in [5, 5.41) is 3.11. The topological polar surface area (TPSA) is 86.2 Å². The molecule has 0 radical (unpaired) electrons. The predicted octanol–water partition coefficient (Wildman–Crippen LogP) is 2.93. The van der Waals surface area contributed by atoms with Crippen LogP contribution in [0, 0.1) is 0 Å². The molecule has 3 rings (SSSR count). The third kappa shape index (κ3) is 1.91. The number of carbonyl (C=O) groups excluding carboxylic acids is 2. The number of amides is 2. The number of fused-ring (bicyclic) bond motifs is 6. The van der Waals surface area contributed by atoms with Crippen molar-refractivity contribution in [3.63, 3.8) is 0 Å². The third-order valence-corrected chi connectivity index (χ3v) is 4.09. The summed E-state index contributed by atoms with van der Waals surface area (Å²) in [5.41, 5.74) is 12.6. The number of nitrogens with two attached hydrogens (primary N) is 2. The number of hydrogen-bond acceptors (Lipinski definition) is 2. The van der Waals surface area contributed by atoms with Crippen LogP contribution >= 0.6 is 0 Å². The Morgan fingerprint density at radius 2 is 1.50 bits per heavy atom. The van der Waals surface area contributed by atoms with Crippen LogP contribution < -0.4 is 11.5 Å². The summed E-state index contributed by atoms with van der Waals surface area (Å²) >= 11 is 0. The van der Waals surface area contributed by atoms with Crippen molar-refractivity contribution in [1.82, 2.24) is 0 Å². The van der Waals surface area contributed by atoms with E-state index in [1.165, 1.54) is 0 Å². The zero-order chi connectivity index (χ0) is 16.2. The maximum absolute atomic E-state index is 12.1. The fourth-order valence-electron chi connectivity index (χ4n) is 3.15. The number of primary amides is 2. The Kier molecular flexibility index (Phi) is 2.89. The van der Waals surface area contributed by atoms with Gasteiger partial charge in [0.05, 0.1) is 5.56 Å². The Bertz CT molecular complexity index is 920. The quantitative estimate of drug-likeness (QED) is 0.761. The largest absolute Gasteiger partial charge is 0.366 e. The lowest BCUT2D eigenvalue weighted by molar-refractivity contribution is 0.0999. The van der Waals surface area contributed by atoms with Gasteiger partial charge in [-0.25, -0.2) is 0 Å². The van der Waals surface area contributed by atoms with Crippen molar-refractivity contribution < 1.29 is 9.59 Å². The van der Waals surface area contributed by atoms with E-state index in [4.69, 9.17) is 11.5 Å². The van der Waals surface area contributed by atoms with Gasteiger partial charge < -0.3 is 11.5 Å². The van der Waals surface area contributed by atoms with Crippen molar-refractivity contribution in [2.45, 2.75) is 26.2 Å². The van der Waals surface area contributed by atoms with Gasteiger partial charge in [-0.15, -0.1) is 0 Å². The minimum atomic E-state index is -0.554. The number of carbonyl (C=O) groups is 2. The van der Waals surface area contributed by atoms with Gasteiger partial charge in [-0.05, 0) is 39.3 Å². The van der Waals surface area contributed by atoms with Crippen LogP contribution in [-0.2, 0) is 5.41 Å². The molecule has 0 saturated carbocycles. The van der Waals surface area contributed by atoms with E-state index in [-0.39, 0.29) is 5.41 Å². The zero-order valence-electron chi connectivity index (χ0n) is 12.9. The summed E-state index contributed by atoms with van der Waals surface area (Å²) in [6.07, 6.45) is 0. The lowest BCUT2D eigenvalue weighted by Crippen LogP contribution is -2.22. The molecule has 3 aromatic carbocycles. The molecule has 2 amide bonds. The first-order valence-electron chi connectivity index (χ1n) is 7.13. The second kappa shape index (κ2) is 4.44. The van der Waals surface area contributed by atoms with Gasteiger partial charge in [0, 0.05) is 10.9 Å². The molecule has 0 heterocycles. The molecular weight excluding hydrogens is 276 g/mol. The van der Waals surface area contributed by atoms with Crippen molar-refractivity contribution in [3.8, 4) is 0 Å². The normalized spacial score (nSPS) is 12.1. The van der Waals surface area contributed by atoms with Gasteiger partial charge in [-0.1, -0.05) is 39.0 Å². The first-order valence-corrected chi connectivity index (χ1v) is 7.13. The smallest absolute Gasteiger partial charge is 0.249 e. The molecule has 4 heteroatoms. The van der Waals surface area contributed by atoms with E-state index in [2.05, 4.69) is 0 Å². The van der Waals surface area contributed by atoms with E-state index < -0.39 is 11.8 Å². The third-order valence-electron chi connectivity index (χ3n) is 4.09. The number of rotatable bonds is 2. The summed E-state index contributed by atoms with van der Waals surface area (Å²) < 4.78 is 0. The predicted molar refractivity (Wildman–Crippen MR) is 88.4 cm³/mol. The van der Waals surface area contributed by atoms with Crippen LogP contribution in [0.3, 0.4) is 0 Å². The Hall–Kier alpha value is -2.62. The highest BCUT2D eigenvalue weighted by Gasteiger charge is 2.27. The van der Waals surface area contributed by atoms with Crippen molar-refractivity contribution in [2.75, 3.05) is 0 Å². The van der Waals surface area contributed by atoms with Crippen molar-refractivity contribution in [2.24, 2.45) is 11.5 Å². The lowest BCUT2D eigenvalue weighted by Gasteiger charge is -2.25. The highest BCUT2D eigenvalue weighted by molar-refractivity contribution is 6.24. The molecule has 22 heavy (non-hydrogen) atoms. The number of hydrogen-bond donors (Lipinski definition) is 2. The van der Waals surface area contributed by atoms with Crippen LogP contribution in [0.2, 0.25) is 0 Å². The van der Waals surface area contributed by atoms with E-state index in [9.17, 15) is 9.59 Å². The molecule has 0 aromatic heterocycles. The molecule has 4 bridgehead atoms. The summed E-state index contributed by atoms with van der Waals surface area (Å²) in [6, 6.07) is 9.50. The molecule has 4 N–H and O–H groups in total. The molecule has 0 fully saturated rings. The van der Waals surface area contributed by atoms with Crippen LogP contribution in [0.1, 0.15) is 47.1 Å². The maximum Gasteiger partial charge on any atom is 0.249 e. The molecule has 0 saturated heterocycles. The summed E-state index contributed by atoms with van der Waals surface area (Å²) in [6.45, 7) is 6.10. The van der Waals surface area contributed by atoms with E-state index in [0.29, 0.717) is 16.5 Å². The Morgan fingerprint density at radius 1 is 0.909 bits per heavy atom. The molecular formula is C18H18N2O2. The van der Waals surface area contributed by atoms with Gasteiger partial charge in [0.15, 0.2) is 0 Å². The van der Waals surface area contributed by atoms with Crippen LogP contribution in [0.15, 0.2) is 30.3 Å². The zero-order valence-corrected chi connectivity index (χ0v) is 12.9. The molecule has 3 aromatic rings. The Morgan fingerprint density at radius 3 is 2.00 bits per heavy atom. The van der Waals surface area contributed by atoms with Crippen LogP contribution in [0.25, 0.3) is 21.5 Å². The van der Waals surface area contributed by atoms with Crippen molar-refractivity contribution in [1.29, 1.82) is 0 Å². The Balaban J connectivity index is 2.69. The fourth-order valence-corrected chi connectivity index (χ4v) is 3.15. The molecule has 0 unspecified atom stereocenters. The van der Waals surface area contributed by atoms with Gasteiger partial charge in [0.25, 0.3) is 0 Å². The van der Waals surface area contributed by atoms with E-state index in [0.717, 1.165) is 21.7 Å². The van der Waals surface area contributed by atoms with E-state index in [1.807, 2.05) is 45.0 Å². The van der Waals surface area contributed by atoms with Gasteiger partial charge >= 0.3 is 0 Å². The SMILES string of the molecule is CC(C)(C)c1cc(C(N)=O)c2c(C(N)=O)c1c1cccc2c1. The van der Waals surface area contributed by atoms with Crippen molar-refractivity contribution in [3.05, 3.63) is 47.0 Å². The van der Waals surface area contributed by atoms with Gasteiger partial charge in [0.2, 0.25) is 11.8 Å². The first-order chi connectivity index (χ1) is 10.2. The van der Waals surface area contributed by atoms with Gasteiger partial charge in [-0.3, -0.25) is 9.59 Å². The van der Waals surface area contributed by atoms with Crippen LogP contribution in [0.5, 0.6) is 0 Å². The monoisotopic (exact) mass is 294 g/mol. The second-order valence-corrected chi connectivity index (χ2v) is 6.66. The maximum atomic E-state index is 12.1. The minimum absolute atomic E-state index is 0.254. The Labute approximate surface area is 128 Å². The van der Waals surface area contributed by atoms with Gasteiger partial charge in [0.1, 0.15) is 0 Å². The van der Waals surface area contributed by atoms with Crippen LogP contribution in [0.4, 0.5) is 0 Å². The number of benzene rings is 3. The van der Waals surface area contributed by atoms with E-state index >= 15 is 0 Å². The molecule has 4 nitrogen and oxygen atoms in total. The highest BCUT2D eigenvalue weighted by atomic mass is 16.1. The highest BCUT2D eigenvalue weighted by Crippen LogP contribution is 2.39. The molecule has 0 spiro atoms. The minimum Gasteiger partial charge on any atom is -0.366 e. The summed E-state index contributed by atoms with van der Waals surface area (Å²) in [5.74, 6) is -1.09. The summed E-state index contributed by atoms with van der Waals surface area (Å²) in [7, 11) is 0. The molecule has 0 atom stereocenters. The second-order valence-electron chi connectivity index (χ2n) is 6.66. The molecule has 0 aliphatic carbocycles. The average Bonchev–Trinajstić information content (AvgIpc) is 2.42. The standard InChI is InChI=1S/C18H18N2O2/c1-18(2,3)12-8-11(16(19)21)13-9-5-4-6-10(7-9)14(12)15(13)17(20)22/h4-8H,1-3H3,(H2,19,21)(H2,20,22). The van der Waals surface area contributed by atoms with Crippen molar-refractivity contribution >= 4 is 33.4 Å². The van der Waals surface area contributed by atoms with E-state index in [1.54, 1.807) is 6.07 Å². The van der Waals surface area contributed by atoms with Gasteiger partial charge in [-0.2, -0.15) is 0 Å². The average molecular weight is 294 g/mol.